The molecule has 0 aliphatic rings. The lowest BCUT2D eigenvalue weighted by Crippen LogP contribution is -2.41. The molecule has 0 unspecified atom stereocenters. The summed E-state index contributed by atoms with van der Waals surface area (Å²) in [6.45, 7) is 5.18. The van der Waals surface area contributed by atoms with E-state index in [0.29, 0.717) is 0 Å². The van der Waals surface area contributed by atoms with Gasteiger partial charge in [0.05, 0.1) is 5.60 Å². The lowest BCUT2D eigenvalue weighted by Gasteiger charge is -2.19. The van der Waals surface area contributed by atoms with Crippen LogP contribution in [0.1, 0.15) is 20.8 Å². The van der Waals surface area contributed by atoms with Crippen molar-refractivity contribution in [1.29, 1.82) is 0 Å². The van der Waals surface area contributed by atoms with Crippen molar-refractivity contribution >= 4 is 6.09 Å². The van der Waals surface area contributed by atoms with Gasteiger partial charge in [0, 0.05) is 0 Å². The molecule has 0 saturated carbocycles. The van der Waals surface area contributed by atoms with E-state index >= 15 is 0 Å². The Morgan fingerprint density at radius 3 is 2.11 bits per heavy atom. The lowest BCUT2D eigenvalue weighted by atomic mass is 10.2. The number of nitrogens with one attached hydrogen (secondary N) is 1. The van der Waals surface area contributed by atoms with Crippen LogP contribution >= 0.6 is 0 Å². The summed E-state index contributed by atoms with van der Waals surface area (Å²) < 4.78 is 0. The van der Waals surface area contributed by atoms with Crippen LogP contribution in [0.4, 0.5) is 4.79 Å². The molecule has 54 valence electrons. The van der Waals surface area contributed by atoms with Crippen molar-refractivity contribution in [2.75, 3.05) is 0 Å². The summed E-state index contributed by atoms with van der Waals surface area (Å²) in [6.07, 6.45) is -1.43. The Morgan fingerprint density at radius 2 is 2.00 bits per heavy atom. The topological polar surface area (TPSA) is 61.4 Å². The number of amides is 1. The first-order valence-electron chi connectivity index (χ1n) is 2.57. The zero-order chi connectivity index (χ0) is 7.49. The van der Waals surface area contributed by atoms with Crippen LogP contribution in [0.2, 0.25) is 0 Å². The van der Waals surface area contributed by atoms with Crippen LogP contribution in [0.15, 0.2) is 0 Å². The number of hydrogen-bond donors (Lipinski definition) is 1. The van der Waals surface area contributed by atoms with Gasteiger partial charge in [-0.15, -0.1) is 0 Å². The van der Waals surface area contributed by atoms with Gasteiger partial charge in [-0.3, -0.25) is 10.3 Å². The average Bonchev–Trinajstić information content (AvgIpc) is 1.59. The van der Waals surface area contributed by atoms with Crippen molar-refractivity contribution in [3.8, 4) is 0 Å². The third-order valence-corrected chi connectivity index (χ3v) is 0.441. The largest absolute Gasteiger partial charge is 0.528 e. The van der Waals surface area contributed by atoms with Gasteiger partial charge in [0.15, 0.2) is 6.09 Å². The summed E-state index contributed by atoms with van der Waals surface area (Å²) >= 11 is 0. The van der Waals surface area contributed by atoms with Gasteiger partial charge in [0.2, 0.25) is 0 Å². The first kappa shape index (κ1) is 8.23. The Morgan fingerprint density at radius 1 is 1.56 bits per heavy atom. The zero-order valence-corrected chi connectivity index (χ0v) is 5.72. The van der Waals surface area contributed by atoms with Crippen LogP contribution in [0, 0.1) is 0 Å². The third-order valence-electron chi connectivity index (χ3n) is 0.441. The predicted octanol–water partition coefficient (Wildman–Crippen LogP) is -0.351. The second kappa shape index (κ2) is 2.68. The normalized spacial score (nSPS) is 11.0. The minimum Gasteiger partial charge on any atom is -0.528 e. The first-order chi connectivity index (χ1) is 3.92. The molecule has 0 atom stereocenters. The minimum absolute atomic E-state index is 0.500. The molecule has 0 spiro atoms. The molecular weight excluding hydrogens is 122 g/mol. The number of carboxylic acid groups (broad SMARTS) is 1. The number of rotatable bonds is 1. The highest BCUT2D eigenvalue weighted by Gasteiger charge is 2.09. The van der Waals surface area contributed by atoms with E-state index in [1.54, 1.807) is 26.3 Å². The van der Waals surface area contributed by atoms with Crippen LogP contribution in [-0.4, -0.2) is 11.7 Å². The Hall–Kier alpha value is -0.770. The number of carbonyl (C=O) groups excluding carboxylic acids is 1. The molecule has 0 heterocycles. The van der Waals surface area contributed by atoms with Gasteiger partial charge in [-0.1, -0.05) is 0 Å². The van der Waals surface area contributed by atoms with Gasteiger partial charge < -0.3 is 9.90 Å². The van der Waals surface area contributed by atoms with E-state index in [0.717, 1.165) is 0 Å². The molecule has 0 aromatic heterocycles. The van der Waals surface area contributed by atoms with Gasteiger partial charge >= 0.3 is 0 Å². The molecule has 0 aliphatic carbocycles. The van der Waals surface area contributed by atoms with Crippen LogP contribution in [0.25, 0.3) is 0 Å². The summed E-state index contributed by atoms with van der Waals surface area (Å²) in [5.41, 5.74) is 1.19. The summed E-state index contributed by atoms with van der Waals surface area (Å²) in [4.78, 5) is 14.3. The maximum absolute atomic E-state index is 9.70. The number of carbonyl (C=O) groups is 1. The molecule has 0 bridgehead atoms. The van der Waals surface area contributed by atoms with Gasteiger partial charge in [-0.25, -0.2) is 0 Å². The number of hydrogen-bond acceptors (Lipinski definition) is 3. The second-order valence-electron chi connectivity index (χ2n) is 2.60. The quantitative estimate of drug-likeness (QED) is 0.496. The SMILES string of the molecule is CC(C)(C)ONC(=O)[O-]. The Labute approximate surface area is 53.8 Å². The van der Waals surface area contributed by atoms with E-state index < -0.39 is 11.7 Å². The molecule has 4 heteroatoms. The van der Waals surface area contributed by atoms with Crippen LogP contribution < -0.4 is 10.6 Å². The Kier molecular flexibility index (Phi) is 2.45. The molecule has 0 saturated heterocycles. The molecule has 0 aromatic rings. The lowest BCUT2D eigenvalue weighted by molar-refractivity contribution is -0.269. The highest BCUT2D eigenvalue weighted by molar-refractivity contribution is 5.60. The van der Waals surface area contributed by atoms with Crippen LogP contribution in [0.5, 0.6) is 0 Å². The Bertz CT molecular complexity index is 105. The van der Waals surface area contributed by atoms with Crippen molar-refractivity contribution in [3.63, 3.8) is 0 Å². The fraction of sp³-hybridized carbons (Fsp3) is 0.800. The summed E-state index contributed by atoms with van der Waals surface area (Å²) in [5.74, 6) is 0. The van der Waals surface area contributed by atoms with E-state index in [2.05, 4.69) is 4.84 Å². The highest BCUT2D eigenvalue weighted by Crippen LogP contribution is 2.02. The van der Waals surface area contributed by atoms with Gasteiger partial charge in [-0.05, 0) is 20.8 Å². The first-order valence-corrected chi connectivity index (χ1v) is 2.57. The molecule has 1 amide bonds. The fourth-order valence-electron chi connectivity index (χ4n) is 0.195. The molecule has 0 rings (SSSR count). The molecule has 9 heavy (non-hydrogen) atoms. The molecule has 0 fully saturated rings. The predicted molar refractivity (Wildman–Crippen MR) is 29.4 cm³/mol. The van der Waals surface area contributed by atoms with Gasteiger partial charge in [0.25, 0.3) is 0 Å². The van der Waals surface area contributed by atoms with Crippen molar-refractivity contribution in [2.45, 2.75) is 26.4 Å². The van der Waals surface area contributed by atoms with Gasteiger partial charge in [0.1, 0.15) is 0 Å². The van der Waals surface area contributed by atoms with E-state index in [1.165, 1.54) is 0 Å². The minimum atomic E-state index is -1.43. The van der Waals surface area contributed by atoms with Crippen LogP contribution in [-0.2, 0) is 4.84 Å². The molecular formula is C5H10NO3-. The van der Waals surface area contributed by atoms with Crippen molar-refractivity contribution < 1.29 is 14.7 Å². The Balaban J connectivity index is 3.39. The monoisotopic (exact) mass is 132 g/mol. The molecule has 1 N–H and O–H groups in total. The molecule has 4 nitrogen and oxygen atoms in total. The van der Waals surface area contributed by atoms with Crippen molar-refractivity contribution in [1.82, 2.24) is 5.48 Å². The zero-order valence-electron chi connectivity index (χ0n) is 5.72. The van der Waals surface area contributed by atoms with Crippen molar-refractivity contribution in [3.05, 3.63) is 0 Å². The van der Waals surface area contributed by atoms with E-state index in [-0.39, 0.29) is 0 Å². The number of hydroxylamine groups is 1. The summed E-state index contributed by atoms with van der Waals surface area (Å²) in [7, 11) is 0. The summed E-state index contributed by atoms with van der Waals surface area (Å²) in [5, 5.41) is 9.70. The highest BCUT2D eigenvalue weighted by atomic mass is 16.7. The van der Waals surface area contributed by atoms with E-state index in [9.17, 15) is 9.90 Å². The standard InChI is InChI=1S/C5H11NO3/c1-5(2,3)9-6-4(7)8/h6H,1-3H3,(H,7,8)/p-1. The second-order valence-corrected chi connectivity index (χ2v) is 2.60. The fourth-order valence-corrected chi connectivity index (χ4v) is 0.195. The van der Waals surface area contributed by atoms with E-state index in [4.69, 9.17) is 0 Å². The van der Waals surface area contributed by atoms with Crippen LogP contribution in [0.3, 0.4) is 0 Å². The summed E-state index contributed by atoms with van der Waals surface area (Å²) in [6, 6.07) is 0. The van der Waals surface area contributed by atoms with E-state index in [1.807, 2.05) is 0 Å². The maximum Gasteiger partial charge on any atom is 0.159 e. The smallest absolute Gasteiger partial charge is 0.159 e. The third kappa shape index (κ3) is 7.23. The van der Waals surface area contributed by atoms with Crippen molar-refractivity contribution in [2.24, 2.45) is 0 Å². The molecule has 0 aliphatic heterocycles. The molecule has 0 radical (unpaired) electrons. The molecule has 0 aromatic carbocycles. The maximum atomic E-state index is 9.70. The van der Waals surface area contributed by atoms with Gasteiger partial charge in [-0.2, -0.15) is 0 Å². The average molecular weight is 132 g/mol.